The average molecular weight is 443 g/mol. The van der Waals surface area contributed by atoms with Gasteiger partial charge < -0.3 is 19.8 Å². The zero-order valence-corrected chi connectivity index (χ0v) is 16.5. The van der Waals surface area contributed by atoms with Crippen LogP contribution in [0.25, 0.3) is 0 Å². The van der Waals surface area contributed by atoms with Crippen molar-refractivity contribution in [2.45, 2.75) is 24.1 Å². The van der Waals surface area contributed by atoms with Gasteiger partial charge in [-0.2, -0.15) is 4.31 Å². The maximum atomic E-state index is 14.0. The second-order valence-electron chi connectivity index (χ2n) is 6.34. The molecular formula is C18H19F2N3O6S. The second-order valence-corrected chi connectivity index (χ2v) is 8.20. The first-order valence-corrected chi connectivity index (χ1v) is 10.4. The first kappa shape index (κ1) is 21.9. The number of hydrogen-bond donors (Lipinski definition) is 2. The number of ether oxygens (including phenoxy) is 1. The first-order valence-electron chi connectivity index (χ1n) is 8.96. The quantitative estimate of drug-likeness (QED) is 0.636. The van der Waals surface area contributed by atoms with Crippen LogP contribution in [0.4, 0.5) is 8.78 Å². The van der Waals surface area contributed by atoms with E-state index < -0.39 is 44.6 Å². The van der Waals surface area contributed by atoms with E-state index >= 15 is 0 Å². The Morgan fingerprint density at radius 1 is 1.17 bits per heavy atom. The molecule has 0 radical (unpaired) electrons. The molecule has 1 saturated heterocycles. The van der Waals surface area contributed by atoms with Crippen LogP contribution in [-0.4, -0.2) is 50.5 Å². The summed E-state index contributed by atoms with van der Waals surface area (Å²) < 4.78 is 64.4. The maximum absolute atomic E-state index is 14.0. The number of furan rings is 1. The van der Waals surface area contributed by atoms with Gasteiger partial charge in [-0.25, -0.2) is 17.2 Å². The highest BCUT2D eigenvalue weighted by molar-refractivity contribution is 7.89. The van der Waals surface area contributed by atoms with Crippen molar-refractivity contribution in [2.75, 3.05) is 19.7 Å². The lowest BCUT2D eigenvalue weighted by molar-refractivity contribution is -0.140. The monoisotopic (exact) mass is 443 g/mol. The fraction of sp³-hybridized carbons (Fsp3) is 0.333. The largest absolute Gasteiger partial charge is 0.467 e. The van der Waals surface area contributed by atoms with Crippen LogP contribution >= 0.6 is 0 Å². The molecule has 1 aliphatic heterocycles. The minimum atomic E-state index is -4.44. The van der Waals surface area contributed by atoms with Gasteiger partial charge >= 0.3 is 11.8 Å². The molecule has 0 bridgehead atoms. The number of hydrogen-bond acceptors (Lipinski definition) is 6. The fourth-order valence-corrected chi connectivity index (χ4v) is 4.47. The summed E-state index contributed by atoms with van der Waals surface area (Å²) in [5, 5.41) is 4.63. The number of halogens is 2. The molecule has 0 saturated carbocycles. The van der Waals surface area contributed by atoms with Crippen molar-refractivity contribution in [1.82, 2.24) is 14.9 Å². The number of amides is 2. The Morgan fingerprint density at radius 2 is 1.93 bits per heavy atom. The molecule has 9 nitrogen and oxygen atoms in total. The first-order chi connectivity index (χ1) is 14.3. The molecular weight excluding hydrogens is 424 g/mol. The van der Waals surface area contributed by atoms with Crippen molar-refractivity contribution in [3.8, 4) is 0 Å². The normalized spacial score (nSPS) is 17.5. The summed E-state index contributed by atoms with van der Waals surface area (Å²) >= 11 is 0. The predicted molar refractivity (Wildman–Crippen MR) is 98.2 cm³/mol. The van der Waals surface area contributed by atoms with Gasteiger partial charge in [0.1, 0.15) is 28.5 Å². The Balaban J connectivity index is 1.64. The SMILES string of the molecule is O=C(NCc1ccco1)C(=O)NC[C@@H]1OCCCN1S(=O)(=O)c1cc(F)ccc1F. The molecule has 1 atom stereocenters. The van der Waals surface area contributed by atoms with Crippen molar-refractivity contribution in [2.24, 2.45) is 0 Å². The molecule has 2 aromatic rings. The summed E-state index contributed by atoms with van der Waals surface area (Å²) in [5.74, 6) is -3.54. The van der Waals surface area contributed by atoms with Crippen LogP contribution in [0.2, 0.25) is 0 Å². The van der Waals surface area contributed by atoms with Gasteiger partial charge in [0, 0.05) is 6.54 Å². The lowest BCUT2D eigenvalue weighted by Gasteiger charge is -2.34. The number of carbonyl (C=O) groups is 2. The van der Waals surface area contributed by atoms with E-state index in [0.717, 1.165) is 10.4 Å². The van der Waals surface area contributed by atoms with Gasteiger partial charge in [-0.1, -0.05) is 0 Å². The molecule has 1 aliphatic rings. The van der Waals surface area contributed by atoms with Gasteiger partial charge in [-0.15, -0.1) is 0 Å². The number of nitrogens with one attached hydrogen (secondary N) is 2. The van der Waals surface area contributed by atoms with E-state index in [-0.39, 0.29) is 26.2 Å². The van der Waals surface area contributed by atoms with E-state index in [2.05, 4.69) is 10.6 Å². The van der Waals surface area contributed by atoms with Gasteiger partial charge in [0.05, 0.1) is 26.0 Å². The van der Waals surface area contributed by atoms with Crippen molar-refractivity contribution in [3.63, 3.8) is 0 Å². The van der Waals surface area contributed by atoms with Gasteiger partial charge in [-0.3, -0.25) is 9.59 Å². The Hall–Kier alpha value is -2.83. The van der Waals surface area contributed by atoms with Gasteiger partial charge in [0.15, 0.2) is 0 Å². The number of benzene rings is 1. The summed E-state index contributed by atoms with van der Waals surface area (Å²) in [4.78, 5) is 23.0. The highest BCUT2D eigenvalue weighted by Gasteiger charge is 2.36. The third kappa shape index (κ3) is 5.01. The fourth-order valence-electron chi connectivity index (χ4n) is 2.82. The predicted octanol–water partition coefficient (Wildman–Crippen LogP) is 0.727. The van der Waals surface area contributed by atoms with E-state index in [4.69, 9.17) is 9.15 Å². The number of nitrogens with zero attached hydrogens (tertiary/aromatic N) is 1. The molecule has 12 heteroatoms. The van der Waals surface area contributed by atoms with E-state index in [0.29, 0.717) is 24.3 Å². The standard InChI is InChI=1S/C18H19F2N3O6S/c19-12-4-5-14(20)15(9-12)30(26,27)23-6-2-8-29-16(23)11-22-18(25)17(24)21-10-13-3-1-7-28-13/h1,3-5,7,9,16H,2,6,8,10-11H2,(H,21,24)(H,22,25)/t16-/m0/s1. The minimum absolute atomic E-state index is 0.00145. The van der Waals surface area contributed by atoms with Crippen molar-refractivity contribution in [1.29, 1.82) is 0 Å². The van der Waals surface area contributed by atoms with Crippen LogP contribution < -0.4 is 10.6 Å². The molecule has 0 unspecified atom stereocenters. The molecule has 30 heavy (non-hydrogen) atoms. The topological polar surface area (TPSA) is 118 Å². The van der Waals surface area contributed by atoms with Crippen LogP contribution in [0, 0.1) is 11.6 Å². The zero-order valence-electron chi connectivity index (χ0n) is 15.6. The average Bonchev–Trinajstić information content (AvgIpc) is 3.25. The molecule has 1 aromatic heterocycles. The zero-order chi connectivity index (χ0) is 21.7. The highest BCUT2D eigenvalue weighted by Crippen LogP contribution is 2.24. The van der Waals surface area contributed by atoms with Crippen molar-refractivity contribution >= 4 is 21.8 Å². The summed E-state index contributed by atoms with van der Waals surface area (Å²) in [6, 6.07) is 5.34. The van der Waals surface area contributed by atoms with E-state index in [1.807, 2.05) is 0 Å². The van der Waals surface area contributed by atoms with Crippen LogP contribution in [0.1, 0.15) is 12.2 Å². The van der Waals surface area contributed by atoms with Crippen LogP contribution in [0.3, 0.4) is 0 Å². The molecule has 2 heterocycles. The Kier molecular flexibility index (Phi) is 6.80. The third-order valence-corrected chi connectivity index (χ3v) is 6.18. The minimum Gasteiger partial charge on any atom is -0.467 e. The molecule has 1 aromatic carbocycles. The third-order valence-electron chi connectivity index (χ3n) is 4.28. The van der Waals surface area contributed by atoms with Gasteiger partial charge in [-0.05, 0) is 36.8 Å². The lowest BCUT2D eigenvalue weighted by atomic mass is 10.3. The number of carbonyl (C=O) groups excluding carboxylic acids is 2. The van der Waals surface area contributed by atoms with Crippen molar-refractivity contribution < 1.29 is 35.9 Å². The number of rotatable bonds is 6. The lowest BCUT2D eigenvalue weighted by Crippen LogP contribution is -2.53. The van der Waals surface area contributed by atoms with E-state index in [1.165, 1.54) is 6.26 Å². The Labute approximate surface area is 171 Å². The summed E-state index contributed by atoms with van der Waals surface area (Å²) in [6.07, 6.45) is 0.552. The van der Waals surface area contributed by atoms with E-state index in [1.54, 1.807) is 12.1 Å². The highest BCUT2D eigenvalue weighted by atomic mass is 32.2. The maximum Gasteiger partial charge on any atom is 0.309 e. The molecule has 3 rings (SSSR count). The van der Waals surface area contributed by atoms with Crippen LogP contribution in [-0.2, 0) is 30.9 Å². The Bertz CT molecular complexity index is 1010. The summed E-state index contributed by atoms with van der Waals surface area (Å²) in [7, 11) is -4.44. The molecule has 162 valence electrons. The summed E-state index contributed by atoms with van der Waals surface area (Å²) in [6.45, 7) is -0.186. The molecule has 0 spiro atoms. The Morgan fingerprint density at radius 3 is 2.67 bits per heavy atom. The molecule has 1 fully saturated rings. The van der Waals surface area contributed by atoms with Crippen molar-refractivity contribution in [3.05, 3.63) is 54.0 Å². The van der Waals surface area contributed by atoms with Crippen LogP contribution in [0.5, 0.6) is 0 Å². The van der Waals surface area contributed by atoms with Gasteiger partial charge in [0.2, 0.25) is 10.0 Å². The molecule has 2 N–H and O–H groups in total. The molecule has 0 aliphatic carbocycles. The van der Waals surface area contributed by atoms with Gasteiger partial charge in [0.25, 0.3) is 0 Å². The summed E-state index contributed by atoms with van der Waals surface area (Å²) in [5.41, 5.74) is 0. The second kappa shape index (κ2) is 9.32. The smallest absolute Gasteiger partial charge is 0.309 e. The van der Waals surface area contributed by atoms with E-state index in [9.17, 15) is 26.8 Å². The molecule has 2 amide bonds. The van der Waals surface area contributed by atoms with Crippen LogP contribution in [0.15, 0.2) is 45.9 Å². The number of sulfonamides is 1.